The predicted molar refractivity (Wildman–Crippen MR) is 139 cm³/mol. The molecule has 0 amide bonds. The number of hydrogen-bond donors (Lipinski definition) is 0. The number of halogens is 3. The summed E-state index contributed by atoms with van der Waals surface area (Å²) in [6.45, 7) is 7.29. The standard InChI is InChI=1S/C27H29F3N6O4/c1-17(2)35-9-7-34(8-10-35)15-19-13-32-25(40-19)20-5-4-6-23-22(20)14-33-36(23)18-11-21(24(38-3)31-12-18)26(37)39-16-27(28,29)30/h4-6,11-14,17H,7-10,15-16H2,1-3H3. The van der Waals surface area contributed by atoms with Crippen molar-refractivity contribution < 1.29 is 31.9 Å². The zero-order valence-corrected chi connectivity index (χ0v) is 22.3. The number of hydrogen-bond acceptors (Lipinski definition) is 9. The van der Waals surface area contributed by atoms with Crippen molar-refractivity contribution in [1.29, 1.82) is 0 Å². The average Bonchev–Trinajstić information content (AvgIpc) is 3.58. The van der Waals surface area contributed by atoms with Crippen LogP contribution < -0.4 is 4.74 Å². The number of methoxy groups -OCH3 is 1. The second-order valence-electron chi connectivity index (χ2n) is 9.77. The molecule has 13 heteroatoms. The van der Waals surface area contributed by atoms with Gasteiger partial charge < -0.3 is 13.9 Å². The topological polar surface area (TPSA) is 98.8 Å². The SMILES string of the molecule is COc1ncc(-n2ncc3c(-c4ncc(CN5CCN(C(C)C)CC5)o4)cccc32)cc1C(=O)OCC(F)(F)F. The maximum atomic E-state index is 12.6. The van der Waals surface area contributed by atoms with E-state index in [1.165, 1.54) is 24.1 Å². The highest BCUT2D eigenvalue weighted by Gasteiger charge is 2.31. The largest absolute Gasteiger partial charge is 0.480 e. The second-order valence-corrected chi connectivity index (χ2v) is 9.77. The number of oxazole rings is 1. The molecule has 0 atom stereocenters. The molecule has 0 saturated carbocycles. The van der Waals surface area contributed by atoms with E-state index in [1.54, 1.807) is 12.4 Å². The van der Waals surface area contributed by atoms with Gasteiger partial charge in [-0.15, -0.1) is 0 Å². The van der Waals surface area contributed by atoms with Gasteiger partial charge in [0.15, 0.2) is 6.61 Å². The first kappa shape index (κ1) is 27.6. The zero-order chi connectivity index (χ0) is 28.4. The van der Waals surface area contributed by atoms with Gasteiger partial charge in [0.2, 0.25) is 11.8 Å². The molecule has 0 radical (unpaired) electrons. The number of carbonyl (C=O) groups is 1. The molecule has 3 aromatic heterocycles. The Labute approximate surface area is 228 Å². The summed E-state index contributed by atoms with van der Waals surface area (Å²) in [6, 6.07) is 7.36. The van der Waals surface area contributed by atoms with Crippen LogP contribution in [0.5, 0.6) is 5.88 Å². The molecule has 0 spiro atoms. The van der Waals surface area contributed by atoms with Crippen LogP contribution in [0.25, 0.3) is 28.0 Å². The average molecular weight is 559 g/mol. The van der Waals surface area contributed by atoms with Crippen LogP contribution in [0.2, 0.25) is 0 Å². The zero-order valence-electron chi connectivity index (χ0n) is 22.3. The van der Waals surface area contributed by atoms with E-state index < -0.39 is 18.8 Å². The van der Waals surface area contributed by atoms with E-state index in [9.17, 15) is 18.0 Å². The lowest BCUT2D eigenvalue weighted by Crippen LogP contribution is -2.48. The Hall–Kier alpha value is -3.97. The molecule has 0 bridgehead atoms. The van der Waals surface area contributed by atoms with Gasteiger partial charge in [-0.25, -0.2) is 19.4 Å². The van der Waals surface area contributed by atoms with E-state index in [1.807, 2.05) is 18.2 Å². The van der Waals surface area contributed by atoms with Crippen LogP contribution in [-0.4, -0.2) is 87.6 Å². The van der Waals surface area contributed by atoms with Gasteiger partial charge in [-0.2, -0.15) is 18.3 Å². The summed E-state index contributed by atoms with van der Waals surface area (Å²) in [6.07, 6.45) is 0.108. The summed E-state index contributed by atoms with van der Waals surface area (Å²) in [4.78, 5) is 25.8. The van der Waals surface area contributed by atoms with Crippen LogP contribution in [0.1, 0.15) is 30.0 Å². The van der Waals surface area contributed by atoms with Crippen molar-refractivity contribution in [2.75, 3.05) is 39.9 Å². The maximum Gasteiger partial charge on any atom is 0.422 e. The molecule has 1 aromatic carbocycles. The number of esters is 1. The summed E-state index contributed by atoms with van der Waals surface area (Å²) < 4.78 is 54.8. The summed E-state index contributed by atoms with van der Waals surface area (Å²) in [7, 11) is 1.26. The highest BCUT2D eigenvalue weighted by Crippen LogP contribution is 2.31. The van der Waals surface area contributed by atoms with Crippen molar-refractivity contribution in [2.24, 2.45) is 0 Å². The van der Waals surface area contributed by atoms with Crippen LogP contribution in [0.4, 0.5) is 13.2 Å². The third-order valence-corrected chi connectivity index (χ3v) is 6.78. The lowest BCUT2D eigenvalue weighted by atomic mass is 10.1. The molecule has 4 heterocycles. The molecule has 5 rings (SSSR count). The molecular weight excluding hydrogens is 529 g/mol. The Bertz CT molecular complexity index is 1490. The predicted octanol–water partition coefficient (Wildman–Crippen LogP) is 4.33. The molecule has 1 saturated heterocycles. The van der Waals surface area contributed by atoms with E-state index in [2.05, 4.69) is 43.5 Å². The fraction of sp³-hybridized carbons (Fsp3) is 0.407. The van der Waals surface area contributed by atoms with E-state index in [0.717, 1.165) is 42.9 Å². The van der Waals surface area contributed by atoms with Crippen molar-refractivity contribution in [2.45, 2.75) is 32.6 Å². The Morgan fingerprint density at radius 1 is 1.10 bits per heavy atom. The third kappa shape index (κ3) is 5.94. The number of aromatic nitrogens is 4. The Kier molecular flexibility index (Phi) is 7.76. The minimum absolute atomic E-state index is 0.161. The van der Waals surface area contributed by atoms with Gasteiger partial charge in [-0.1, -0.05) is 6.07 Å². The number of carbonyl (C=O) groups excluding carboxylic acids is 1. The van der Waals surface area contributed by atoms with Gasteiger partial charge in [-0.3, -0.25) is 9.80 Å². The summed E-state index contributed by atoms with van der Waals surface area (Å²) in [5.41, 5.74) is 1.46. The number of benzene rings is 1. The third-order valence-electron chi connectivity index (χ3n) is 6.78. The lowest BCUT2D eigenvalue weighted by molar-refractivity contribution is -0.161. The summed E-state index contributed by atoms with van der Waals surface area (Å²) >= 11 is 0. The fourth-order valence-electron chi connectivity index (χ4n) is 4.70. The van der Waals surface area contributed by atoms with Gasteiger partial charge >= 0.3 is 12.1 Å². The quantitative estimate of drug-likeness (QED) is 0.293. The van der Waals surface area contributed by atoms with Crippen LogP contribution >= 0.6 is 0 Å². The lowest BCUT2D eigenvalue weighted by Gasteiger charge is -2.36. The van der Waals surface area contributed by atoms with Crippen LogP contribution in [-0.2, 0) is 11.3 Å². The first-order valence-corrected chi connectivity index (χ1v) is 12.8. The van der Waals surface area contributed by atoms with Gasteiger partial charge in [0, 0.05) is 43.2 Å². The van der Waals surface area contributed by atoms with Crippen LogP contribution in [0, 0.1) is 0 Å². The van der Waals surface area contributed by atoms with Crippen molar-refractivity contribution >= 4 is 16.9 Å². The second kappa shape index (κ2) is 11.3. The number of fused-ring (bicyclic) bond motifs is 1. The van der Waals surface area contributed by atoms with Crippen LogP contribution in [0.3, 0.4) is 0 Å². The molecule has 1 aliphatic rings. The smallest absolute Gasteiger partial charge is 0.422 e. The number of alkyl halides is 3. The van der Waals surface area contributed by atoms with Gasteiger partial charge in [0.25, 0.3) is 0 Å². The summed E-state index contributed by atoms with van der Waals surface area (Å²) in [5, 5.41) is 5.17. The highest BCUT2D eigenvalue weighted by atomic mass is 19.4. The molecule has 0 N–H and O–H groups in total. The van der Waals surface area contributed by atoms with Crippen molar-refractivity contribution in [3.8, 4) is 23.0 Å². The maximum absolute atomic E-state index is 12.6. The molecule has 0 aliphatic carbocycles. The van der Waals surface area contributed by atoms with Crippen molar-refractivity contribution in [3.05, 3.63) is 54.2 Å². The molecule has 40 heavy (non-hydrogen) atoms. The number of piperazine rings is 1. The molecule has 0 unspecified atom stereocenters. The number of pyridine rings is 1. The number of rotatable bonds is 8. The molecule has 10 nitrogen and oxygen atoms in total. The monoisotopic (exact) mass is 558 g/mol. The Balaban J connectivity index is 1.38. The summed E-state index contributed by atoms with van der Waals surface area (Å²) in [5.74, 6) is -0.159. The molecular formula is C27H29F3N6O4. The first-order valence-electron chi connectivity index (χ1n) is 12.8. The number of ether oxygens (including phenoxy) is 2. The van der Waals surface area contributed by atoms with E-state index in [-0.39, 0.29) is 11.4 Å². The minimum Gasteiger partial charge on any atom is -0.480 e. The van der Waals surface area contributed by atoms with Gasteiger partial charge in [0.05, 0.1) is 43.4 Å². The normalized spacial score (nSPS) is 15.2. The van der Waals surface area contributed by atoms with Crippen LogP contribution in [0.15, 0.2) is 47.3 Å². The van der Waals surface area contributed by atoms with Gasteiger partial charge in [0.1, 0.15) is 11.3 Å². The van der Waals surface area contributed by atoms with Crippen molar-refractivity contribution in [1.82, 2.24) is 29.5 Å². The first-order chi connectivity index (χ1) is 19.1. The molecule has 1 fully saturated rings. The van der Waals surface area contributed by atoms with E-state index in [4.69, 9.17) is 9.15 Å². The van der Waals surface area contributed by atoms with Crippen molar-refractivity contribution in [3.63, 3.8) is 0 Å². The Morgan fingerprint density at radius 3 is 2.58 bits per heavy atom. The number of nitrogens with zero attached hydrogens (tertiary/aromatic N) is 6. The highest BCUT2D eigenvalue weighted by molar-refractivity contribution is 5.94. The van der Waals surface area contributed by atoms with E-state index in [0.29, 0.717) is 29.7 Å². The van der Waals surface area contributed by atoms with Gasteiger partial charge in [-0.05, 0) is 32.0 Å². The molecule has 4 aromatic rings. The molecule has 1 aliphatic heterocycles. The molecule has 212 valence electrons. The fourth-order valence-corrected chi connectivity index (χ4v) is 4.70. The Morgan fingerprint density at radius 2 is 1.88 bits per heavy atom. The van der Waals surface area contributed by atoms with E-state index >= 15 is 0 Å². The minimum atomic E-state index is -4.66.